The summed E-state index contributed by atoms with van der Waals surface area (Å²) in [6, 6.07) is 6.23. The molecule has 2 N–H and O–H groups in total. The molecule has 0 radical (unpaired) electrons. The summed E-state index contributed by atoms with van der Waals surface area (Å²) >= 11 is 5.93. The number of nitrogens with one attached hydrogen (secondary N) is 2. The Balaban J connectivity index is 1.83. The van der Waals surface area contributed by atoms with Crippen LogP contribution in [0.3, 0.4) is 0 Å². The van der Waals surface area contributed by atoms with Crippen LogP contribution in [-0.4, -0.2) is 31.0 Å². The highest BCUT2D eigenvalue weighted by atomic mass is 35.5. The number of amides is 1. The van der Waals surface area contributed by atoms with Crippen LogP contribution in [0.2, 0.25) is 5.02 Å². The normalized spacial score (nSPS) is 12.0. The van der Waals surface area contributed by atoms with E-state index < -0.39 is 23.3 Å². The van der Waals surface area contributed by atoms with E-state index in [4.69, 9.17) is 16.3 Å². The Hall–Kier alpha value is -3.40. The SMILES string of the molecule is CCCCn1c(=O)[nH]c(=O)c2c1nc(COC(=O)CC(NC(C)=O)c1ccc(Cl)cc1)n2CC. The minimum atomic E-state index is -0.589. The lowest BCUT2D eigenvalue weighted by Crippen LogP contribution is -2.31. The Morgan fingerprint density at radius 1 is 1.18 bits per heavy atom. The number of unbranched alkanes of at least 4 members (excludes halogenated alkanes) is 1. The molecule has 182 valence electrons. The molecule has 0 fully saturated rings. The molecule has 0 bridgehead atoms. The van der Waals surface area contributed by atoms with Crippen molar-refractivity contribution in [1.82, 2.24) is 24.4 Å². The summed E-state index contributed by atoms with van der Waals surface area (Å²) in [4.78, 5) is 55.9. The van der Waals surface area contributed by atoms with Gasteiger partial charge in [0.1, 0.15) is 12.4 Å². The Bertz CT molecular complexity index is 1290. The third-order valence-corrected chi connectivity index (χ3v) is 5.65. The number of carbonyl (C=O) groups excluding carboxylic acids is 2. The van der Waals surface area contributed by atoms with Gasteiger partial charge in [0.15, 0.2) is 11.2 Å². The van der Waals surface area contributed by atoms with E-state index in [1.807, 2.05) is 13.8 Å². The number of aromatic nitrogens is 4. The Morgan fingerprint density at radius 3 is 2.50 bits per heavy atom. The summed E-state index contributed by atoms with van der Waals surface area (Å²) in [7, 11) is 0. The van der Waals surface area contributed by atoms with Crippen LogP contribution < -0.4 is 16.6 Å². The first-order chi connectivity index (χ1) is 16.2. The lowest BCUT2D eigenvalue weighted by molar-refractivity contribution is -0.146. The molecule has 0 saturated carbocycles. The zero-order valence-electron chi connectivity index (χ0n) is 19.4. The summed E-state index contributed by atoms with van der Waals surface area (Å²) in [5.74, 6) is -0.486. The molecule has 34 heavy (non-hydrogen) atoms. The average molecular weight is 490 g/mol. The topological polar surface area (TPSA) is 128 Å². The molecule has 0 spiro atoms. The van der Waals surface area contributed by atoms with Gasteiger partial charge in [-0.05, 0) is 31.0 Å². The predicted octanol–water partition coefficient (Wildman–Crippen LogP) is 2.67. The first-order valence-electron chi connectivity index (χ1n) is 11.2. The molecule has 1 unspecified atom stereocenters. The van der Waals surface area contributed by atoms with Gasteiger partial charge in [-0.2, -0.15) is 0 Å². The number of fused-ring (bicyclic) bond motifs is 1. The quantitative estimate of drug-likeness (QED) is 0.421. The summed E-state index contributed by atoms with van der Waals surface area (Å²) < 4.78 is 8.52. The minimum Gasteiger partial charge on any atom is -0.457 e. The number of ether oxygens (including phenoxy) is 1. The molecule has 1 amide bonds. The maximum Gasteiger partial charge on any atom is 0.330 e. The van der Waals surface area contributed by atoms with Crippen LogP contribution in [0.15, 0.2) is 33.9 Å². The number of imidazole rings is 1. The van der Waals surface area contributed by atoms with E-state index in [2.05, 4.69) is 15.3 Å². The van der Waals surface area contributed by atoms with Crippen molar-refractivity contribution in [3.05, 3.63) is 61.5 Å². The molecule has 0 aliphatic rings. The molecule has 0 saturated heterocycles. The Kier molecular flexibility index (Phi) is 8.27. The Morgan fingerprint density at radius 2 is 1.88 bits per heavy atom. The van der Waals surface area contributed by atoms with Crippen LogP contribution in [0.1, 0.15) is 57.5 Å². The van der Waals surface area contributed by atoms with Gasteiger partial charge in [0.2, 0.25) is 5.91 Å². The third kappa shape index (κ3) is 5.74. The molecule has 0 aliphatic carbocycles. The number of halogens is 1. The van der Waals surface area contributed by atoms with Crippen molar-refractivity contribution in [2.75, 3.05) is 0 Å². The van der Waals surface area contributed by atoms with Crippen molar-refractivity contribution in [1.29, 1.82) is 0 Å². The third-order valence-electron chi connectivity index (χ3n) is 5.40. The number of carbonyl (C=O) groups is 2. The van der Waals surface area contributed by atoms with E-state index in [0.717, 1.165) is 12.8 Å². The highest BCUT2D eigenvalue weighted by Crippen LogP contribution is 2.21. The summed E-state index contributed by atoms with van der Waals surface area (Å²) in [5, 5.41) is 3.28. The predicted molar refractivity (Wildman–Crippen MR) is 128 cm³/mol. The van der Waals surface area contributed by atoms with Crippen LogP contribution in [0.25, 0.3) is 11.2 Å². The zero-order chi connectivity index (χ0) is 24.8. The highest BCUT2D eigenvalue weighted by Gasteiger charge is 2.21. The van der Waals surface area contributed by atoms with Crippen molar-refractivity contribution in [2.45, 2.75) is 65.8 Å². The molecule has 10 nitrogen and oxygen atoms in total. The van der Waals surface area contributed by atoms with Crippen LogP contribution in [0, 0.1) is 0 Å². The fourth-order valence-corrected chi connectivity index (χ4v) is 3.88. The van der Waals surface area contributed by atoms with Crippen molar-refractivity contribution < 1.29 is 14.3 Å². The zero-order valence-corrected chi connectivity index (χ0v) is 20.1. The molecule has 0 aliphatic heterocycles. The Labute approximate surface area is 200 Å². The molecular weight excluding hydrogens is 462 g/mol. The van der Waals surface area contributed by atoms with Crippen molar-refractivity contribution in [3.8, 4) is 0 Å². The fraction of sp³-hybridized carbons (Fsp3) is 0.435. The number of hydrogen-bond acceptors (Lipinski definition) is 6. The monoisotopic (exact) mass is 489 g/mol. The largest absolute Gasteiger partial charge is 0.457 e. The van der Waals surface area contributed by atoms with Crippen molar-refractivity contribution in [3.63, 3.8) is 0 Å². The number of rotatable bonds is 10. The molecular formula is C23H28ClN5O5. The minimum absolute atomic E-state index is 0.102. The van der Waals surface area contributed by atoms with Crippen LogP contribution in [-0.2, 0) is 34.0 Å². The van der Waals surface area contributed by atoms with E-state index in [1.165, 1.54) is 11.5 Å². The van der Waals surface area contributed by atoms with Gasteiger partial charge >= 0.3 is 11.7 Å². The van der Waals surface area contributed by atoms with Gasteiger partial charge in [-0.25, -0.2) is 9.78 Å². The second-order valence-corrected chi connectivity index (χ2v) is 8.31. The molecule has 2 aromatic heterocycles. The summed E-state index contributed by atoms with van der Waals surface area (Å²) in [6.45, 7) is 5.84. The second-order valence-electron chi connectivity index (χ2n) is 7.88. The van der Waals surface area contributed by atoms with Crippen molar-refractivity contribution in [2.24, 2.45) is 0 Å². The molecule has 1 aromatic carbocycles. The first kappa shape index (κ1) is 25.2. The molecule has 3 rings (SSSR count). The van der Waals surface area contributed by atoms with Crippen LogP contribution in [0.4, 0.5) is 0 Å². The smallest absolute Gasteiger partial charge is 0.330 e. The first-order valence-corrected chi connectivity index (χ1v) is 11.5. The number of benzene rings is 1. The molecule has 11 heteroatoms. The van der Waals surface area contributed by atoms with Crippen LogP contribution >= 0.6 is 11.6 Å². The number of H-pyrrole nitrogens is 1. The summed E-state index contributed by atoms with van der Waals surface area (Å²) in [5.41, 5.74) is 0.197. The van der Waals surface area contributed by atoms with Gasteiger partial charge in [0.05, 0.1) is 12.5 Å². The fourth-order valence-electron chi connectivity index (χ4n) is 3.76. The number of nitrogens with zero attached hydrogens (tertiary/aromatic N) is 3. The number of esters is 1. The maximum absolute atomic E-state index is 12.6. The summed E-state index contributed by atoms with van der Waals surface area (Å²) in [6.07, 6.45) is 1.52. The van der Waals surface area contributed by atoms with Gasteiger partial charge < -0.3 is 14.6 Å². The van der Waals surface area contributed by atoms with E-state index in [9.17, 15) is 19.2 Å². The lowest BCUT2D eigenvalue weighted by Gasteiger charge is -2.18. The van der Waals surface area contributed by atoms with Crippen molar-refractivity contribution >= 4 is 34.6 Å². The lowest BCUT2D eigenvalue weighted by atomic mass is 10.0. The maximum atomic E-state index is 12.6. The van der Waals surface area contributed by atoms with Crippen LogP contribution in [0.5, 0.6) is 0 Å². The molecule has 1 atom stereocenters. The van der Waals surface area contributed by atoms with E-state index in [0.29, 0.717) is 29.5 Å². The van der Waals surface area contributed by atoms with E-state index in [-0.39, 0.29) is 30.1 Å². The van der Waals surface area contributed by atoms with E-state index >= 15 is 0 Å². The molecule has 3 aromatic rings. The number of hydrogen-bond donors (Lipinski definition) is 2. The highest BCUT2D eigenvalue weighted by molar-refractivity contribution is 6.30. The van der Waals surface area contributed by atoms with Gasteiger partial charge in [0, 0.05) is 25.0 Å². The standard InChI is InChI=1S/C23H28ClN5O5/c1-4-6-11-29-21-20(22(32)27-23(29)33)28(5-2)18(26-21)13-34-19(31)12-17(25-14(3)30)15-7-9-16(24)10-8-15/h7-10,17H,4-6,11-13H2,1-3H3,(H,25,30)(H,27,32,33). The molecule has 2 heterocycles. The van der Waals surface area contributed by atoms with Gasteiger partial charge in [-0.15, -0.1) is 0 Å². The average Bonchev–Trinajstić information content (AvgIpc) is 3.16. The van der Waals surface area contributed by atoms with Gasteiger partial charge in [-0.1, -0.05) is 37.1 Å². The van der Waals surface area contributed by atoms with Gasteiger partial charge in [-0.3, -0.25) is 23.9 Å². The number of aryl methyl sites for hydroxylation is 2. The second kappa shape index (κ2) is 11.1. The number of aromatic amines is 1. The van der Waals surface area contributed by atoms with E-state index in [1.54, 1.807) is 28.8 Å². The van der Waals surface area contributed by atoms with Gasteiger partial charge in [0.25, 0.3) is 5.56 Å².